The van der Waals surface area contributed by atoms with Crippen molar-refractivity contribution < 1.29 is 4.79 Å². The largest absolute Gasteiger partial charge is 0.356 e. The number of hydrogen-bond acceptors (Lipinski definition) is 4. The van der Waals surface area contributed by atoms with Crippen LogP contribution in [0.15, 0.2) is 5.38 Å². The molecule has 1 saturated heterocycles. The van der Waals surface area contributed by atoms with Crippen molar-refractivity contribution in [2.24, 2.45) is 11.8 Å². The molecule has 5 heteroatoms. The molecule has 1 aromatic rings. The molecule has 0 radical (unpaired) electrons. The normalized spacial score (nSPS) is 21.2. The Balaban J connectivity index is 1.36. The molecular formula is C20H33N3OS. The first-order valence-electron chi connectivity index (χ1n) is 10.1. The number of carbonyl (C=O) groups is 1. The van der Waals surface area contributed by atoms with Gasteiger partial charge in [-0.25, -0.2) is 4.98 Å². The second-order valence-corrected chi connectivity index (χ2v) is 8.81. The Bertz CT molecular complexity index is 533. The van der Waals surface area contributed by atoms with Crippen molar-refractivity contribution in [3.63, 3.8) is 0 Å². The zero-order chi connectivity index (χ0) is 17.5. The van der Waals surface area contributed by atoms with Crippen molar-refractivity contribution >= 4 is 17.2 Å². The summed E-state index contributed by atoms with van der Waals surface area (Å²) in [4.78, 5) is 17.0. The van der Waals surface area contributed by atoms with Gasteiger partial charge < -0.3 is 10.6 Å². The van der Waals surface area contributed by atoms with Gasteiger partial charge in [-0.15, -0.1) is 11.3 Å². The van der Waals surface area contributed by atoms with E-state index in [4.69, 9.17) is 4.98 Å². The van der Waals surface area contributed by atoms with E-state index in [2.05, 4.69) is 22.9 Å². The second kappa shape index (κ2) is 9.67. The average Bonchev–Trinajstić information content (AvgIpc) is 3.12. The molecule has 0 aromatic carbocycles. The van der Waals surface area contributed by atoms with Crippen LogP contribution in [0.4, 0.5) is 0 Å². The van der Waals surface area contributed by atoms with Gasteiger partial charge in [-0.1, -0.05) is 26.2 Å². The van der Waals surface area contributed by atoms with Crippen molar-refractivity contribution in [2.75, 3.05) is 19.6 Å². The molecule has 0 bridgehead atoms. The second-order valence-electron chi connectivity index (χ2n) is 7.87. The predicted octanol–water partition coefficient (Wildman–Crippen LogP) is 3.88. The minimum Gasteiger partial charge on any atom is -0.356 e. The molecule has 2 N–H and O–H groups in total. The summed E-state index contributed by atoms with van der Waals surface area (Å²) < 4.78 is 0. The van der Waals surface area contributed by atoms with E-state index in [9.17, 15) is 4.79 Å². The van der Waals surface area contributed by atoms with E-state index in [1.54, 1.807) is 11.3 Å². The van der Waals surface area contributed by atoms with E-state index in [-0.39, 0.29) is 5.91 Å². The number of piperidine rings is 1. The summed E-state index contributed by atoms with van der Waals surface area (Å²) in [5.41, 5.74) is 1.30. The van der Waals surface area contributed by atoms with Crippen LogP contribution in [0.3, 0.4) is 0 Å². The first kappa shape index (κ1) is 18.8. The lowest BCUT2D eigenvalue weighted by Crippen LogP contribution is -2.34. The van der Waals surface area contributed by atoms with Crippen LogP contribution in [-0.4, -0.2) is 30.5 Å². The highest BCUT2D eigenvalue weighted by Gasteiger charge is 2.22. The van der Waals surface area contributed by atoms with E-state index in [1.165, 1.54) is 55.6 Å². The van der Waals surface area contributed by atoms with Crippen molar-refractivity contribution in [1.29, 1.82) is 0 Å². The lowest BCUT2D eigenvalue weighted by atomic mass is 9.84. The topological polar surface area (TPSA) is 54.0 Å². The van der Waals surface area contributed by atoms with Crippen LogP contribution in [0.1, 0.15) is 74.9 Å². The molecule has 2 aliphatic rings. The van der Waals surface area contributed by atoms with Gasteiger partial charge >= 0.3 is 0 Å². The predicted molar refractivity (Wildman–Crippen MR) is 104 cm³/mol. The van der Waals surface area contributed by atoms with Crippen molar-refractivity contribution in [3.8, 4) is 0 Å². The molecule has 1 amide bonds. The third-order valence-corrected chi connectivity index (χ3v) is 6.88. The molecule has 1 aliphatic heterocycles. The van der Waals surface area contributed by atoms with Crippen molar-refractivity contribution in [3.05, 3.63) is 16.1 Å². The SMILES string of the molecule is CC(CC(=O)NCCc1nc(C2CCCCC2)cs1)C1CCNCC1. The molecule has 3 rings (SSSR count). The zero-order valence-electron chi connectivity index (χ0n) is 15.6. The molecule has 1 aliphatic carbocycles. The fourth-order valence-electron chi connectivity index (χ4n) is 4.28. The molecule has 4 nitrogen and oxygen atoms in total. The Morgan fingerprint density at radius 2 is 2.04 bits per heavy atom. The van der Waals surface area contributed by atoms with Gasteiger partial charge in [0, 0.05) is 30.7 Å². The Morgan fingerprint density at radius 1 is 1.28 bits per heavy atom. The Labute approximate surface area is 156 Å². The standard InChI is InChI=1S/C20H33N3OS/c1-15(16-7-10-21-11-8-16)13-19(24)22-12-9-20-23-18(14-25-20)17-5-3-2-4-6-17/h14-17,21H,2-13H2,1H3,(H,22,24). The van der Waals surface area contributed by atoms with Crippen LogP contribution in [0.2, 0.25) is 0 Å². The lowest BCUT2D eigenvalue weighted by Gasteiger charge is -2.27. The first-order chi connectivity index (χ1) is 12.2. The Hall–Kier alpha value is -0.940. The maximum Gasteiger partial charge on any atom is 0.220 e. The number of rotatable bonds is 7. The minimum absolute atomic E-state index is 0.204. The van der Waals surface area contributed by atoms with E-state index in [0.29, 0.717) is 24.2 Å². The third kappa shape index (κ3) is 5.78. The molecule has 0 spiro atoms. The molecule has 2 fully saturated rings. The number of nitrogens with zero attached hydrogens (tertiary/aromatic N) is 1. The van der Waals surface area contributed by atoms with Gasteiger partial charge in [0.1, 0.15) is 0 Å². The number of amides is 1. The van der Waals surface area contributed by atoms with Gasteiger partial charge in [0.2, 0.25) is 5.91 Å². The smallest absolute Gasteiger partial charge is 0.220 e. The van der Waals surface area contributed by atoms with Crippen molar-refractivity contribution in [1.82, 2.24) is 15.6 Å². The van der Waals surface area contributed by atoms with Gasteiger partial charge in [0.25, 0.3) is 0 Å². The van der Waals surface area contributed by atoms with Crippen LogP contribution < -0.4 is 10.6 Å². The maximum atomic E-state index is 12.2. The number of thiazole rings is 1. The van der Waals surface area contributed by atoms with Gasteiger partial charge in [0.05, 0.1) is 10.7 Å². The Kier molecular flexibility index (Phi) is 7.29. The Morgan fingerprint density at radius 3 is 2.80 bits per heavy atom. The number of nitrogens with one attached hydrogen (secondary N) is 2. The van der Waals surface area contributed by atoms with Crippen LogP contribution in [0.25, 0.3) is 0 Å². The molecular weight excluding hydrogens is 330 g/mol. The summed E-state index contributed by atoms with van der Waals surface area (Å²) in [6.45, 7) is 5.15. The molecule has 140 valence electrons. The van der Waals surface area contributed by atoms with E-state index in [0.717, 1.165) is 26.1 Å². The highest BCUT2D eigenvalue weighted by Crippen LogP contribution is 2.33. The van der Waals surface area contributed by atoms with Crippen molar-refractivity contribution in [2.45, 2.75) is 70.6 Å². The molecule has 25 heavy (non-hydrogen) atoms. The van der Waals surface area contributed by atoms with E-state index >= 15 is 0 Å². The van der Waals surface area contributed by atoms with Gasteiger partial charge in [-0.2, -0.15) is 0 Å². The summed E-state index contributed by atoms with van der Waals surface area (Å²) in [7, 11) is 0. The molecule has 1 aromatic heterocycles. The van der Waals surface area contributed by atoms with Crippen LogP contribution in [0.5, 0.6) is 0 Å². The maximum absolute atomic E-state index is 12.2. The lowest BCUT2D eigenvalue weighted by molar-refractivity contribution is -0.122. The summed E-state index contributed by atoms with van der Waals surface area (Å²) >= 11 is 1.76. The van der Waals surface area contributed by atoms with Crippen LogP contribution in [-0.2, 0) is 11.2 Å². The minimum atomic E-state index is 0.204. The molecule has 2 heterocycles. The summed E-state index contributed by atoms with van der Waals surface area (Å²) in [5, 5.41) is 9.91. The monoisotopic (exact) mass is 363 g/mol. The van der Waals surface area contributed by atoms with E-state index < -0.39 is 0 Å². The fraction of sp³-hybridized carbons (Fsp3) is 0.800. The third-order valence-electron chi connectivity index (χ3n) is 5.95. The summed E-state index contributed by atoms with van der Waals surface area (Å²) in [6.07, 6.45) is 10.6. The summed E-state index contributed by atoms with van der Waals surface area (Å²) in [5.74, 6) is 2.07. The first-order valence-corrected chi connectivity index (χ1v) is 11.0. The molecule has 1 atom stereocenters. The van der Waals surface area contributed by atoms with E-state index in [1.807, 2.05) is 0 Å². The van der Waals surface area contributed by atoms with Crippen LogP contribution in [0, 0.1) is 11.8 Å². The highest BCUT2D eigenvalue weighted by molar-refractivity contribution is 7.09. The molecule has 1 saturated carbocycles. The number of aromatic nitrogens is 1. The van der Waals surface area contributed by atoms with Crippen LogP contribution >= 0.6 is 11.3 Å². The van der Waals surface area contributed by atoms with Gasteiger partial charge in [0.15, 0.2) is 0 Å². The quantitative estimate of drug-likeness (QED) is 0.773. The number of hydrogen-bond donors (Lipinski definition) is 2. The average molecular weight is 364 g/mol. The highest BCUT2D eigenvalue weighted by atomic mass is 32.1. The summed E-state index contributed by atoms with van der Waals surface area (Å²) in [6, 6.07) is 0. The fourth-order valence-corrected chi connectivity index (χ4v) is 5.16. The number of carbonyl (C=O) groups excluding carboxylic acids is 1. The van der Waals surface area contributed by atoms with Gasteiger partial charge in [-0.05, 0) is 50.6 Å². The van der Waals surface area contributed by atoms with Gasteiger partial charge in [-0.3, -0.25) is 4.79 Å². The zero-order valence-corrected chi connectivity index (χ0v) is 16.4. The molecule has 1 unspecified atom stereocenters.